The van der Waals surface area contributed by atoms with Crippen LogP contribution < -0.4 is 0 Å². The summed E-state index contributed by atoms with van der Waals surface area (Å²) in [4.78, 5) is 0.124. The Kier molecular flexibility index (Phi) is 32.3. The van der Waals surface area contributed by atoms with Crippen LogP contribution >= 0.6 is 0 Å². The first-order chi connectivity index (χ1) is 23.2. The second-order valence-corrected chi connectivity index (χ2v) is 12.2. The standard InChI is InChI=1S/C34H62O12S/c1-2-3-4-5-6-7-8-12-15-37-16-17-38-18-19-39-20-21-40-22-23-41-24-25-42-26-27-43-28-29-44-30-31-45-32-33-46-47(35,36)34-13-10-9-11-14-34/h9-11,13-14H,2-8,12,15-33H2,1H3. The van der Waals surface area contributed by atoms with Crippen LogP contribution in [0.25, 0.3) is 0 Å². The monoisotopic (exact) mass is 694 g/mol. The maximum absolute atomic E-state index is 12.0. The van der Waals surface area contributed by atoms with Gasteiger partial charge in [0.25, 0.3) is 10.1 Å². The zero-order valence-corrected chi connectivity index (χ0v) is 29.6. The van der Waals surface area contributed by atoms with Crippen molar-refractivity contribution >= 4 is 10.1 Å². The highest BCUT2D eigenvalue weighted by Gasteiger charge is 2.13. The first-order valence-electron chi connectivity index (χ1n) is 17.3. The van der Waals surface area contributed by atoms with Gasteiger partial charge in [0.2, 0.25) is 0 Å². The molecule has 0 N–H and O–H groups in total. The lowest BCUT2D eigenvalue weighted by atomic mass is 10.1. The summed E-state index contributed by atoms with van der Waals surface area (Å²) in [5.74, 6) is 0. The van der Waals surface area contributed by atoms with Crippen LogP contribution in [0.2, 0.25) is 0 Å². The Morgan fingerprint density at radius 2 is 0.681 bits per heavy atom. The molecule has 0 spiro atoms. The summed E-state index contributed by atoms with van der Waals surface area (Å²) in [7, 11) is -3.75. The van der Waals surface area contributed by atoms with Crippen molar-refractivity contribution in [2.45, 2.75) is 63.2 Å². The molecule has 0 aromatic heterocycles. The molecular weight excluding hydrogens is 632 g/mol. The van der Waals surface area contributed by atoms with Gasteiger partial charge in [0.1, 0.15) is 0 Å². The highest BCUT2D eigenvalue weighted by molar-refractivity contribution is 7.86. The van der Waals surface area contributed by atoms with Gasteiger partial charge in [-0.05, 0) is 18.6 Å². The van der Waals surface area contributed by atoms with Crippen LogP contribution in [0.5, 0.6) is 0 Å². The molecule has 13 heteroatoms. The predicted octanol–water partition coefficient (Wildman–Crippen LogP) is 4.68. The molecule has 47 heavy (non-hydrogen) atoms. The van der Waals surface area contributed by atoms with E-state index in [4.69, 9.17) is 46.8 Å². The molecule has 1 rings (SSSR count). The Bertz CT molecular complexity index is 860. The van der Waals surface area contributed by atoms with Crippen molar-refractivity contribution in [3.63, 3.8) is 0 Å². The fourth-order valence-corrected chi connectivity index (χ4v) is 4.97. The van der Waals surface area contributed by atoms with Gasteiger partial charge in [-0.15, -0.1) is 0 Å². The van der Waals surface area contributed by atoms with E-state index >= 15 is 0 Å². The van der Waals surface area contributed by atoms with Crippen LogP contribution in [0, 0.1) is 0 Å². The van der Waals surface area contributed by atoms with Crippen molar-refractivity contribution in [3.8, 4) is 0 Å². The summed E-state index contributed by atoms with van der Waals surface area (Å²) < 4.78 is 78.1. The number of rotatable bonds is 38. The minimum absolute atomic E-state index is 0.0536. The molecule has 1 aromatic rings. The second kappa shape index (κ2) is 34.6. The van der Waals surface area contributed by atoms with Gasteiger partial charge in [-0.1, -0.05) is 70.1 Å². The Labute approximate surface area is 284 Å². The third-order valence-corrected chi connectivity index (χ3v) is 7.94. The smallest absolute Gasteiger partial charge is 0.297 e. The van der Waals surface area contributed by atoms with Gasteiger partial charge in [0.05, 0.1) is 124 Å². The van der Waals surface area contributed by atoms with Gasteiger partial charge in [-0.25, -0.2) is 0 Å². The normalized spacial score (nSPS) is 11.9. The third kappa shape index (κ3) is 30.6. The summed E-state index contributed by atoms with van der Waals surface area (Å²) in [5.41, 5.74) is 0. The van der Waals surface area contributed by atoms with E-state index in [0.717, 1.165) is 13.0 Å². The lowest BCUT2D eigenvalue weighted by molar-refractivity contribution is -0.0254. The lowest BCUT2D eigenvalue weighted by Crippen LogP contribution is -2.15. The molecule has 0 radical (unpaired) electrons. The first kappa shape index (κ1) is 43.8. The number of benzene rings is 1. The Morgan fingerprint density at radius 3 is 1.04 bits per heavy atom. The van der Waals surface area contributed by atoms with Crippen LogP contribution in [-0.2, 0) is 56.9 Å². The average Bonchev–Trinajstić information content (AvgIpc) is 3.08. The SMILES string of the molecule is CCCCCCCCCCOCCOCCOCCOCCOCCOCCOCCOCCOCCOS(=O)(=O)c1ccccc1. The highest BCUT2D eigenvalue weighted by atomic mass is 32.2. The van der Waals surface area contributed by atoms with Crippen LogP contribution in [-0.4, -0.2) is 134 Å². The van der Waals surface area contributed by atoms with Gasteiger partial charge in [-0.3, -0.25) is 4.18 Å². The third-order valence-electron chi connectivity index (χ3n) is 6.62. The zero-order chi connectivity index (χ0) is 33.8. The van der Waals surface area contributed by atoms with Gasteiger partial charge in [0.15, 0.2) is 0 Å². The molecule has 276 valence electrons. The number of unbranched alkanes of at least 4 members (excludes halogenated alkanes) is 7. The van der Waals surface area contributed by atoms with E-state index in [2.05, 4.69) is 6.92 Å². The van der Waals surface area contributed by atoms with E-state index < -0.39 is 10.1 Å². The summed E-state index contributed by atoms with van der Waals surface area (Å²) in [6, 6.07) is 8.00. The summed E-state index contributed by atoms with van der Waals surface area (Å²) in [6.07, 6.45) is 10.5. The molecule has 1 aromatic carbocycles. The van der Waals surface area contributed by atoms with E-state index in [1.165, 1.54) is 57.1 Å². The minimum atomic E-state index is -3.75. The Hall–Kier alpha value is -1.23. The van der Waals surface area contributed by atoms with Crippen LogP contribution in [0.3, 0.4) is 0 Å². The molecule has 0 aliphatic heterocycles. The van der Waals surface area contributed by atoms with Crippen LogP contribution in [0.15, 0.2) is 35.2 Å². The molecule has 0 aliphatic carbocycles. The number of hydrogen-bond donors (Lipinski definition) is 0. The predicted molar refractivity (Wildman–Crippen MR) is 180 cm³/mol. The van der Waals surface area contributed by atoms with Crippen molar-refractivity contribution in [3.05, 3.63) is 30.3 Å². The number of hydrogen-bond acceptors (Lipinski definition) is 12. The van der Waals surface area contributed by atoms with Crippen molar-refractivity contribution < 1.29 is 55.2 Å². The topological polar surface area (TPSA) is 126 Å². The van der Waals surface area contributed by atoms with Crippen LogP contribution in [0.1, 0.15) is 58.3 Å². The van der Waals surface area contributed by atoms with Gasteiger partial charge >= 0.3 is 0 Å². The largest absolute Gasteiger partial charge is 0.379 e. The van der Waals surface area contributed by atoms with Gasteiger partial charge in [0, 0.05) is 6.61 Å². The average molecular weight is 695 g/mol. The van der Waals surface area contributed by atoms with E-state index in [9.17, 15) is 8.42 Å². The van der Waals surface area contributed by atoms with Crippen molar-refractivity contribution in [2.24, 2.45) is 0 Å². The maximum atomic E-state index is 12.0. The molecule has 0 saturated heterocycles. The molecule has 0 saturated carbocycles. The van der Waals surface area contributed by atoms with Crippen molar-refractivity contribution in [1.82, 2.24) is 0 Å². The second-order valence-electron chi connectivity index (χ2n) is 10.6. The molecule has 0 atom stereocenters. The van der Waals surface area contributed by atoms with Crippen LogP contribution in [0.4, 0.5) is 0 Å². The molecular formula is C34H62O12S. The fraction of sp³-hybridized carbons (Fsp3) is 0.824. The summed E-state index contributed by atoms with van der Waals surface area (Å²) >= 11 is 0. The molecule has 0 heterocycles. The van der Waals surface area contributed by atoms with Crippen molar-refractivity contribution in [2.75, 3.05) is 126 Å². The maximum Gasteiger partial charge on any atom is 0.297 e. The summed E-state index contributed by atoms with van der Waals surface area (Å²) in [5, 5.41) is 0. The Balaban J connectivity index is 1.65. The fourth-order valence-electron chi connectivity index (χ4n) is 4.06. The molecule has 0 amide bonds. The van der Waals surface area contributed by atoms with Gasteiger partial charge in [-0.2, -0.15) is 8.42 Å². The molecule has 12 nitrogen and oxygen atoms in total. The number of ether oxygens (including phenoxy) is 9. The Morgan fingerprint density at radius 1 is 0.383 bits per heavy atom. The molecule has 0 unspecified atom stereocenters. The molecule has 0 bridgehead atoms. The quantitative estimate of drug-likeness (QED) is 0.0705. The van der Waals surface area contributed by atoms with Crippen molar-refractivity contribution in [1.29, 1.82) is 0 Å². The summed E-state index contributed by atoms with van der Waals surface area (Å²) in [6.45, 7) is 11.1. The van der Waals surface area contributed by atoms with E-state index in [-0.39, 0.29) is 18.1 Å². The van der Waals surface area contributed by atoms with E-state index in [1.54, 1.807) is 18.2 Å². The van der Waals surface area contributed by atoms with Gasteiger partial charge < -0.3 is 42.6 Å². The first-order valence-corrected chi connectivity index (χ1v) is 18.7. The van der Waals surface area contributed by atoms with E-state index in [0.29, 0.717) is 106 Å². The minimum Gasteiger partial charge on any atom is -0.379 e. The highest BCUT2D eigenvalue weighted by Crippen LogP contribution is 2.11. The van der Waals surface area contributed by atoms with E-state index in [1.807, 2.05) is 0 Å². The zero-order valence-electron chi connectivity index (χ0n) is 28.8. The lowest BCUT2D eigenvalue weighted by Gasteiger charge is -2.09. The molecule has 0 aliphatic rings. The molecule has 0 fully saturated rings.